The number of pyridine rings is 1. The van der Waals surface area contributed by atoms with Crippen molar-refractivity contribution in [2.45, 2.75) is 44.6 Å². The quantitative estimate of drug-likeness (QED) is 0.344. The van der Waals surface area contributed by atoms with Crippen molar-refractivity contribution in [3.05, 3.63) is 78.0 Å². The van der Waals surface area contributed by atoms with Crippen LogP contribution in [0.25, 0.3) is 22.2 Å². The van der Waals surface area contributed by atoms with E-state index in [9.17, 15) is 19.5 Å². The minimum atomic E-state index is -1.04. The molecule has 1 saturated carbocycles. The zero-order valence-corrected chi connectivity index (χ0v) is 19.6. The Morgan fingerprint density at radius 3 is 2.47 bits per heavy atom. The second kappa shape index (κ2) is 10.1. The van der Waals surface area contributed by atoms with Gasteiger partial charge in [0.05, 0.1) is 29.3 Å². The summed E-state index contributed by atoms with van der Waals surface area (Å²) in [6.07, 6.45) is 11.7. The highest BCUT2D eigenvalue weighted by atomic mass is 16.4. The topological polar surface area (TPSA) is 126 Å². The lowest BCUT2D eigenvalue weighted by Gasteiger charge is -2.23. The van der Waals surface area contributed by atoms with Crippen molar-refractivity contribution in [3.8, 4) is 11.3 Å². The summed E-state index contributed by atoms with van der Waals surface area (Å²) in [6, 6.07) is 9.99. The molecule has 9 heteroatoms. The molecule has 36 heavy (non-hydrogen) atoms. The van der Waals surface area contributed by atoms with Gasteiger partial charge >= 0.3 is 5.97 Å². The number of hydrogen-bond acceptors (Lipinski definition) is 5. The average Bonchev–Trinajstić information content (AvgIpc) is 3.54. The summed E-state index contributed by atoms with van der Waals surface area (Å²) in [7, 11) is 0. The first-order valence-electron chi connectivity index (χ1n) is 11.9. The molecule has 3 N–H and O–H groups in total. The van der Waals surface area contributed by atoms with E-state index in [0.717, 1.165) is 47.9 Å². The van der Waals surface area contributed by atoms with Crippen LogP contribution in [0.3, 0.4) is 0 Å². The van der Waals surface area contributed by atoms with Crippen LogP contribution in [-0.2, 0) is 11.3 Å². The molecule has 5 rings (SSSR count). The van der Waals surface area contributed by atoms with Crippen LogP contribution in [0.2, 0.25) is 0 Å². The minimum absolute atomic E-state index is 0.122. The molecule has 3 heterocycles. The van der Waals surface area contributed by atoms with Crippen molar-refractivity contribution < 1.29 is 23.9 Å². The van der Waals surface area contributed by atoms with Crippen molar-refractivity contribution in [1.29, 1.82) is 0 Å². The summed E-state index contributed by atoms with van der Waals surface area (Å²) in [6.45, 7) is -0.122. The molecule has 1 fully saturated rings. The SMILES string of the molecule is O=C(Cn1c(-c2ccoc2)c(C2CCCCC2)c2ccc(C(=O)O)cc21)NNC(=O)c1ccncc1. The van der Waals surface area contributed by atoms with Crippen molar-refractivity contribution in [2.24, 2.45) is 0 Å². The van der Waals surface area contributed by atoms with Crippen LogP contribution in [0.5, 0.6) is 0 Å². The molecule has 0 bridgehead atoms. The molecule has 1 aliphatic rings. The number of furan rings is 1. The number of nitrogens with zero attached hydrogens (tertiary/aromatic N) is 2. The smallest absolute Gasteiger partial charge is 0.335 e. The Bertz CT molecular complexity index is 1400. The predicted molar refractivity (Wildman–Crippen MR) is 132 cm³/mol. The Balaban J connectivity index is 1.55. The fourth-order valence-electron chi connectivity index (χ4n) is 5.07. The fraction of sp³-hybridized carbons (Fsp3) is 0.259. The summed E-state index contributed by atoms with van der Waals surface area (Å²) in [5.41, 5.74) is 8.82. The number of carbonyl (C=O) groups is 3. The molecule has 4 aromatic rings. The van der Waals surface area contributed by atoms with E-state index in [1.165, 1.54) is 18.8 Å². The number of hydrogen-bond donors (Lipinski definition) is 3. The number of fused-ring (bicyclic) bond motifs is 1. The molecule has 0 radical (unpaired) electrons. The summed E-state index contributed by atoms with van der Waals surface area (Å²) in [5, 5.41) is 10.6. The van der Waals surface area contributed by atoms with Gasteiger partial charge in [-0.25, -0.2) is 4.79 Å². The molecule has 2 amide bonds. The first-order chi connectivity index (χ1) is 17.5. The number of hydrazine groups is 1. The molecular formula is C27H26N4O5. The molecule has 0 saturated heterocycles. The molecular weight excluding hydrogens is 460 g/mol. The van der Waals surface area contributed by atoms with E-state index < -0.39 is 17.8 Å². The van der Waals surface area contributed by atoms with Crippen LogP contribution >= 0.6 is 0 Å². The van der Waals surface area contributed by atoms with Crippen molar-refractivity contribution in [3.63, 3.8) is 0 Å². The Kier molecular flexibility index (Phi) is 6.53. The second-order valence-corrected chi connectivity index (χ2v) is 8.97. The van der Waals surface area contributed by atoms with Crippen LogP contribution in [0.4, 0.5) is 0 Å². The first kappa shape index (κ1) is 23.3. The maximum atomic E-state index is 13.0. The van der Waals surface area contributed by atoms with Crippen LogP contribution in [0, 0.1) is 0 Å². The maximum Gasteiger partial charge on any atom is 0.335 e. The molecule has 0 unspecified atom stereocenters. The summed E-state index contributed by atoms with van der Waals surface area (Å²) < 4.78 is 7.21. The number of carboxylic acid groups (broad SMARTS) is 1. The van der Waals surface area contributed by atoms with Gasteiger partial charge < -0.3 is 14.1 Å². The second-order valence-electron chi connectivity index (χ2n) is 8.97. The lowest BCUT2D eigenvalue weighted by Crippen LogP contribution is -2.43. The van der Waals surface area contributed by atoms with Crippen molar-refractivity contribution in [1.82, 2.24) is 20.4 Å². The van der Waals surface area contributed by atoms with Gasteiger partial charge in [-0.05, 0) is 54.7 Å². The number of carboxylic acids is 1. The van der Waals surface area contributed by atoms with Crippen LogP contribution in [0.15, 0.2) is 65.7 Å². The Hall–Kier alpha value is -4.40. The maximum absolute atomic E-state index is 13.0. The number of aromatic nitrogens is 2. The van der Waals surface area contributed by atoms with Gasteiger partial charge in [-0.1, -0.05) is 25.3 Å². The number of aromatic carboxylic acids is 1. The lowest BCUT2D eigenvalue weighted by atomic mass is 9.82. The zero-order valence-electron chi connectivity index (χ0n) is 19.6. The van der Waals surface area contributed by atoms with Crippen LogP contribution in [0.1, 0.15) is 64.3 Å². The summed E-state index contributed by atoms with van der Waals surface area (Å²) in [4.78, 5) is 41.0. The average molecular weight is 487 g/mol. The van der Waals surface area contributed by atoms with E-state index in [-0.39, 0.29) is 18.0 Å². The molecule has 1 aliphatic carbocycles. The molecule has 3 aromatic heterocycles. The standard InChI is InChI=1S/C27H26N4O5/c32-23(29-30-26(33)18-8-11-28-12-9-18)15-31-22-14-19(27(34)35)6-7-21(22)24(17-4-2-1-3-5-17)25(31)20-10-13-36-16-20/h6-14,16-17H,1-5,15H2,(H,29,32)(H,30,33)(H,34,35). The molecule has 0 atom stereocenters. The highest BCUT2D eigenvalue weighted by molar-refractivity contribution is 5.99. The monoisotopic (exact) mass is 486 g/mol. The number of nitrogens with one attached hydrogen (secondary N) is 2. The molecule has 1 aromatic carbocycles. The predicted octanol–water partition coefficient (Wildman–Crippen LogP) is 4.50. The van der Waals surface area contributed by atoms with Gasteiger partial charge in [0.15, 0.2) is 0 Å². The third-order valence-electron chi connectivity index (χ3n) is 6.72. The lowest BCUT2D eigenvalue weighted by molar-refractivity contribution is -0.122. The highest BCUT2D eigenvalue weighted by Crippen LogP contribution is 2.44. The van der Waals surface area contributed by atoms with E-state index >= 15 is 0 Å². The van der Waals surface area contributed by atoms with Crippen LogP contribution in [-0.4, -0.2) is 32.4 Å². The normalized spacial score (nSPS) is 14.0. The van der Waals surface area contributed by atoms with Gasteiger partial charge in [0.2, 0.25) is 0 Å². The van der Waals surface area contributed by atoms with Crippen molar-refractivity contribution in [2.75, 3.05) is 0 Å². The Morgan fingerprint density at radius 1 is 1.00 bits per heavy atom. The third-order valence-corrected chi connectivity index (χ3v) is 6.72. The van der Waals surface area contributed by atoms with E-state index in [1.807, 2.05) is 16.7 Å². The Labute approximate surface area is 207 Å². The van der Waals surface area contributed by atoms with E-state index in [0.29, 0.717) is 11.1 Å². The van der Waals surface area contributed by atoms with Gasteiger partial charge in [-0.2, -0.15) is 0 Å². The zero-order chi connectivity index (χ0) is 25.1. The van der Waals surface area contributed by atoms with Crippen LogP contribution < -0.4 is 10.9 Å². The molecule has 0 spiro atoms. The van der Waals surface area contributed by atoms with Gasteiger partial charge in [0.1, 0.15) is 6.54 Å². The van der Waals surface area contributed by atoms with E-state index in [2.05, 4.69) is 15.8 Å². The molecule has 0 aliphatic heterocycles. The van der Waals surface area contributed by atoms with E-state index in [4.69, 9.17) is 4.42 Å². The first-order valence-corrected chi connectivity index (χ1v) is 11.9. The number of amides is 2. The van der Waals surface area contributed by atoms with Gasteiger partial charge in [-0.15, -0.1) is 0 Å². The van der Waals surface area contributed by atoms with E-state index in [1.54, 1.807) is 36.8 Å². The molecule has 184 valence electrons. The van der Waals surface area contributed by atoms with Crippen molar-refractivity contribution >= 4 is 28.7 Å². The van der Waals surface area contributed by atoms with Gasteiger partial charge in [0.25, 0.3) is 11.8 Å². The summed E-state index contributed by atoms with van der Waals surface area (Å²) >= 11 is 0. The fourth-order valence-corrected chi connectivity index (χ4v) is 5.07. The number of benzene rings is 1. The number of rotatable bonds is 6. The third kappa shape index (κ3) is 4.59. The van der Waals surface area contributed by atoms with Gasteiger partial charge in [0, 0.05) is 28.9 Å². The minimum Gasteiger partial charge on any atom is -0.478 e. The molecule has 9 nitrogen and oxygen atoms in total. The largest absolute Gasteiger partial charge is 0.478 e. The highest BCUT2D eigenvalue weighted by Gasteiger charge is 2.28. The summed E-state index contributed by atoms with van der Waals surface area (Å²) in [5.74, 6) is -1.66. The van der Waals surface area contributed by atoms with Gasteiger partial charge in [-0.3, -0.25) is 25.4 Å². The number of carbonyl (C=O) groups excluding carboxylic acids is 2. The Morgan fingerprint density at radius 2 is 1.78 bits per heavy atom.